The first-order valence-corrected chi connectivity index (χ1v) is 10.9. The van der Waals surface area contributed by atoms with Gasteiger partial charge in [-0.25, -0.2) is 4.98 Å². The molecule has 0 spiro atoms. The Balaban J connectivity index is 1.51. The zero-order chi connectivity index (χ0) is 18.9. The molecule has 0 saturated carbocycles. The van der Waals surface area contributed by atoms with Crippen LogP contribution in [0, 0.1) is 0 Å². The summed E-state index contributed by atoms with van der Waals surface area (Å²) >= 11 is 1.75. The van der Waals surface area contributed by atoms with Gasteiger partial charge in [-0.05, 0) is 58.8 Å². The molecule has 1 saturated heterocycles. The number of nitrogens with zero attached hydrogens (tertiary/aromatic N) is 3. The predicted octanol–water partition coefficient (Wildman–Crippen LogP) is 3.99. The number of hydrogen-bond donors (Lipinski definition) is 2. The van der Waals surface area contributed by atoms with Crippen molar-refractivity contribution in [2.75, 3.05) is 31.6 Å². The predicted molar refractivity (Wildman–Crippen MR) is 116 cm³/mol. The minimum atomic E-state index is 0.463. The van der Waals surface area contributed by atoms with E-state index in [4.69, 9.17) is 0 Å². The summed E-state index contributed by atoms with van der Waals surface area (Å²) in [7, 11) is 1.82. The van der Waals surface area contributed by atoms with E-state index < -0.39 is 0 Å². The molecule has 0 aliphatic carbocycles. The second-order valence-electron chi connectivity index (χ2n) is 7.19. The lowest BCUT2D eigenvalue weighted by molar-refractivity contribution is 0.700. The summed E-state index contributed by atoms with van der Waals surface area (Å²) in [5.41, 5.74) is 2.61. The number of pyridine rings is 1. The molecule has 1 atom stereocenters. The standard InChI is InChI=1S/C21H31N5S/c1-17(19-8-12-27-16-19)14-24-21(22-2)25-15-18-7-9-23-20(13-18)26-10-5-3-4-6-11-26/h7-9,12-13,16-17H,3-6,10-11,14-15H2,1-2H3,(H2,22,24,25). The molecule has 6 heteroatoms. The maximum atomic E-state index is 4.59. The van der Waals surface area contributed by atoms with Crippen LogP contribution in [-0.4, -0.2) is 37.6 Å². The lowest BCUT2D eigenvalue weighted by Gasteiger charge is -2.22. The SMILES string of the molecule is CN=C(NCc1ccnc(N2CCCCCC2)c1)NCC(C)c1ccsc1. The number of aliphatic imine (C=N–C) groups is 1. The highest BCUT2D eigenvalue weighted by molar-refractivity contribution is 7.07. The third kappa shape index (κ3) is 5.96. The first kappa shape index (κ1) is 19.7. The average Bonchev–Trinajstić information content (AvgIpc) is 3.11. The zero-order valence-corrected chi connectivity index (χ0v) is 17.3. The number of nitrogens with one attached hydrogen (secondary N) is 2. The lowest BCUT2D eigenvalue weighted by Crippen LogP contribution is -2.38. The van der Waals surface area contributed by atoms with E-state index in [1.165, 1.54) is 36.8 Å². The Labute approximate surface area is 166 Å². The number of guanidine groups is 1. The van der Waals surface area contributed by atoms with Crippen LogP contribution in [0.15, 0.2) is 40.1 Å². The second-order valence-corrected chi connectivity index (χ2v) is 7.97. The highest BCUT2D eigenvalue weighted by atomic mass is 32.1. The molecule has 146 valence electrons. The van der Waals surface area contributed by atoms with E-state index in [2.05, 4.69) is 61.4 Å². The Morgan fingerprint density at radius 2 is 2.04 bits per heavy atom. The average molecular weight is 386 g/mol. The van der Waals surface area contributed by atoms with E-state index in [0.717, 1.165) is 38.0 Å². The van der Waals surface area contributed by atoms with Gasteiger partial charge in [0, 0.05) is 39.4 Å². The van der Waals surface area contributed by atoms with E-state index in [9.17, 15) is 0 Å². The third-order valence-corrected chi connectivity index (χ3v) is 5.81. The minimum Gasteiger partial charge on any atom is -0.357 e. The number of hydrogen-bond acceptors (Lipinski definition) is 4. The Hall–Kier alpha value is -2.08. The summed E-state index contributed by atoms with van der Waals surface area (Å²) in [5, 5.41) is 11.2. The number of rotatable bonds is 6. The zero-order valence-electron chi connectivity index (χ0n) is 16.4. The normalized spacial score (nSPS) is 16.7. The second kappa shape index (κ2) is 10.3. The van der Waals surface area contributed by atoms with Gasteiger partial charge in [-0.1, -0.05) is 19.8 Å². The van der Waals surface area contributed by atoms with Gasteiger partial charge in [0.1, 0.15) is 5.82 Å². The largest absolute Gasteiger partial charge is 0.357 e. The van der Waals surface area contributed by atoms with E-state index in [-0.39, 0.29) is 0 Å². The highest BCUT2D eigenvalue weighted by Crippen LogP contribution is 2.18. The molecule has 2 aromatic heterocycles. The van der Waals surface area contributed by atoms with Crippen molar-refractivity contribution in [3.05, 3.63) is 46.3 Å². The molecule has 0 bridgehead atoms. The summed E-state index contributed by atoms with van der Waals surface area (Å²) in [4.78, 5) is 11.4. The number of aromatic nitrogens is 1. The first-order valence-electron chi connectivity index (χ1n) is 9.93. The van der Waals surface area contributed by atoms with Crippen molar-refractivity contribution in [1.29, 1.82) is 0 Å². The molecule has 3 rings (SSSR count). The van der Waals surface area contributed by atoms with Crippen LogP contribution in [-0.2, 0) is 6.54 Å². The fourth-order valence-electron chi connectivity index (χ4n) is 3.37. The van der Waals surface area contributed by atoms with E-state index in [0.29, 0.717) is 5.92 Å². The molecule has 1 unspecified atom stereocenters. The maximum absolute atomic E-state index is 4.59. The molecule has 0 aromatic carbocycles. The van der Waals surface area contributed by atoms with Crippen molar-refractivity contribution in [3.63, 3.8) is 0 Å². The monoisotopic (exact) mass is 385 g/mol. The Morgan fingerprint density at radius 1 is 1.22 bits per heavy atom. The summed E-state index contributed by atoms with van der Waals surface area (Å²) in [6.45, 7) is 6.08. The molecule has 27 heavy (non-hydrogen) atoms. The van der Waals surface area contributed by atoms with Gasteiger partial charge in [0.15, 0.2) is 5.96 Å². The molecular weight excluding hydrogens is 354 g/mol. The quantitative estimate of drug-likeness (QED) is 0.583. The molecule has 1 aliphatic heterocycles. The molecule has 2 N–H and O–H groups in total. The molecule has 5 nitrogen and oxygen atoms in total. The molecule has 0 amide bonds. The lowest BCUT2D eigenvalue weighted by atomic mass is 10.1. The van der Waals surface area contributed by atoms with Gasteiger partial charge in [0.25, 0.3) is 0 Å². The van der Waals surface area contributed by atoms with Gasteiger partial charge >= 0.3 is 0 Å². The molecule has 3 heterocycles. The molecule has 1 aliphatic rings. The van der Waals surface area contributed by atoms with Crippen LogP contribution in [0.1, 0.15) is 49.7 Å². The van der Waals surface area contributed by atoms with Gasteiger partial charge < -0.3 is 15.5 Å². The summed E-state index contributed by atoms with van der Waals surface area (Å²) < 4.78 is 0. The third-order valence-electron chi connectivity index (χ3n) is 5.11. The van der Waals surface area contributed by atoms with Crippen molar-refractivity contribution >= 4 is 23.1 Å². The van der Waals surface area contributed by atoms with E-state index >= 15 is 0 Å². The van der Waals surface area contributed by atoms with E-state index in [1.54, 1.807) is 11.3 Å². The van der Waals surface area contributed by atoms with Gasteiger partial charge in [-0.15, -0.1) is 0 Å². The fourth-order valence-corrected chi connectivity index (χ4v) is 4.15. The molecule has 1 fully saturated rings. The van der Waals surface area contributed by atoms with Crippen molar-refractivity contribution < 1.29 is 0 Å². The summed E-state index contributed by atoms with van der Waals surface area (Å²) in [5.74, 6) is 2.40. The Morgan fingerprint density at radius 3 is 2.74 bits per heavy atom. The van der Waals surface area contributed by atoms with E-state index in [1.807, 2.05) is 13.2 Å². The molecule has 0 radical (unpaired) electrons. The number of anilines is 1. The van der Waals surface area contributed by atoms with Crippen molar-refractivity contribution in [3.8, 4) is 0 Å². The number of thiophene rings is 1. The van der Waals surface area contributed by atoms with Crippen LogP contribution in [0.4, 0.5) is 5.82 Å². The van der Waals surface area contributed by atoms with Gasteiger partial charge in [0.05, 0.1) is 0 Å². The Bertz CT molecular complexity index is 705. The topological polar surface area (TPSA) is 52.6 Å². The Kier molecular flexibility index (Phi) is 7.51. The smallest absolute Gasteiger partial charge is 0.191 e. The van der Waals surface area contributed by atoms with Crippen LogP contribution in [0.3, 0.4) is 0 Å². The van der Waals surface area contributed by atoms with Crippen LogP contribution >= 0.6 is 11.3 Å². The van der Waals surface area contributed by atoms with Crippen LogP contribution in [0.2, 0.25) is 0 Å². The van der Waals surface area contributed by atoms with Gasteiger partial charge in [-0.2, -0.15) is 11.3 Å². The fraction of sp³-hybridized carbons (Fsp3) is 0.524. The van der Waals surface area contributed by atoms with Crippen LogP contribution in [0.5, 0.6) is 0 Å². The van der Waals surface area contributed by atoms with Crippen molar-refractivity contribution in [2.24, 2.45) is 4.99 Å². The van der Waals surface area contributed by atoms with Crippen LogP contribution in [0.25, 0.3) is 0 Å². The maximum Gasteiger partial charge on any atom is 0.191 e. The first-order chi connectivity index (χ1) is 13.3. The summed E-state index contributed by atoms with van der Waals surface area (Å²) in [6, 6.07) is 6.48. The molecular formula is C21H31N5S. The highest BCUT2D eigenvalue weighted by Gasteiger charge is 2.12. The van der Waals surface area contributed by atoms with Crippen molar-refractivity contribution in [2.45, 2.75) is 45.1 Å². The minimum absolute atomic E-state index is 0.463. The molecule has 2 aromatic rings. The van der Waals surface area contributed by atoms with Gasteiger partial charge in [-0.3, -0.25) is 4.99 Å². The van der Waals surface area contributed by atoms with Crippen LogP contribution < -0.4 is 15.5 Å². The van der Waals surface area contributed by atoms with Crippen molar-refractivity contribution in [1.82, 2.24) is 15.6 Å². The van der Waals surface area contributed by atoms with Gasteiger partial charge in [0.2, 0.25) is 0 Å². The summed E-state index contributed by atoms with van der Waals surface area (Å²) in [6.07, 6.45) is 7.13.